The van der Waals surface area contributed by atoms with Gasteiger partial charge in [0.1, 0.15) is 16.5 Å². The second kappa shape index (κ2) is 15.0. The number of nitrogens with one attached hydrogen (secondary N) is 4. The molecule has 20 heteroatoms. The van der Waals surface area contributed by atoms with Gasteiger partial charge in [0.2, 0.25) is 17.8 Å². The van der Waals surface area contributed by atoms with Gasteiger partial charge in [-0.15, -0.1) is 0 Å². The Morgan fingerprint density at radius 1 is 0.964 bits per heavy atom. The third-order valence-electron chi connectivity index (χ3n) is 10.2. The first-order valence-electron chi connectivity index (χ1n) is 18.0. The Bertz CT molecular complexity index is 2020. The lowest BCUT2D eigenvalue weighted by atomic mass is 10.1. The summed E-state index contributed by atoms with van der Waals surface area (Å²) in [5.41, 5.74) is -0.514. The number of alkyl halides is 5. The van der Waals surface area contributed by atoms with E-state index in [0.29, 0.717) is 36.4 Å². The molecule has 1 heterocycles. The van der Waals surface area contributed by atoms with Crippen molar-refractivity contribution < 1.29 is 45.3 Å². The second-order valence-electron chi connectivity index (χ2n) is 14.6. The standard InChI is InChI=1S/C36H38ClF5N8O5S/c1-50(56(54)24-12-13-24)29(53)34(17-25(34)26-18-35(26,38)39)48-27(51)3-2-16-43-28(52)20-4-10-23(11-5-20)44-30-45-31(47-32(46-30)55-19-36(40,41)42)49-33(14-15-33)21-6-8-22(37)9-7-21/h4-11,24-26H,2-3,12-19H2,1H3,(H,43,52)(H,48,51)(H2,44,45,46,47,49)/t25-,26?,34+,56?/m0/s1. The number of rotatable bonds is 17. The van der Waals surface area contributed by atoms with E-state index in [0.717, 1.165) is 9.87 Å². The average molecular weight is 825 g/mol. The summed E-state index contributed by atoms with van der Waals surface area (Å²) in [5, 5.41) is 11.8. The number of halogens is 6. The summed E-state index contributed by atoms with van der Waals surface area (Å²) in [4.78, 5) is 51.5. The Kier molecular flexibility index (Phi) is 10.6. The van der Waals surface area contributed by atoms with Crippen molar-refractivity contribution in [1.29, 1.82) is 0 Å². The van der Waals surface area contributed by atoms with Gasteiger partial charge in [0.15, 0.2) is 6.61 Å². The van der Waals surface area contributed by atoms with Crippen molar-refractivity contribution in [2.75, 3.05) is 30.8 Å². The van der Waals surface area contributed by atoms with Crippen LogP contribution in [0.25, 0.3) is 0 Å². The number of aromatic nitrogens is 3. The van der Waals surface area contributed by atoms with E-state index in [1.54, 1.807) is 12.1 Å². The molecule has 2 aromatic carbocycles. The van der Waals surface area contributed by atoms with Crippen LogP contribution in [0, 0.1) is 11.8 Å². The van der Waals surface area contributed by atoms with Crippen LogP contribution in [0.5, 0.6) is 6.01 Å². The van der Waals surface area contributed by atoms with Crippen molar-refractivity contribution in [2.45, 2.75) is 79.8 Å². The van der Waals surface area contributed by atoms with Crippen LogP contribution in [0.1, 0.15) is 67.3 Å². The largest absolute Gasteiger partial charge is 0.454 e. The molecule has 4 N–H and O–H groups in total. The lowest BCUT2D eigenvalue weighted by molar-refractivity contribution is -0.154. The average Bonchev–Trinajstić information content (AvgIpc) is 3.96. The molecule has 300 valence electrons. The van der Waals surface area contributed by atoms with Gasteiger partial charge in [0.25, 0.3) is 17.7 Å². The molecule has 0 aliphatic heterocycles. The summed E-state index contributed by atoms with van der Waals surface area (Å²) in [7, 11) is -0.234. The summed E-state index contributed by atoms with van der Waals surface area (Å²) >= 11 is 6.03. The van der Waals surface area contributed by atoms with Gasteiger partial charge in [0.05, 0.1) is 10.8 Å². The zero-order valence-electron chi connectivity index (χ0n) is 29.9. The predicted molar refractivity (Wildman–Crippen MR) is 195 cm³/mol. The van der Waals surface area contributed by atoms with Crippen molar-refractivity contribution in [3.05, 3.63) is 64.7 Å². The number of benzene rings is 2. The van der Waals surface area contributed by atoms with Gasteiger partial charge in [-0.3, -0.25) is 18.7 Å². The van der Waals surface area contributed by atoms with Gasteiger partial charge in [-0.25, -0.2) is 13.0 Å². The first-order chi connectivity index (χ1) is 26.5. The van der Waals surface area contributed by atoms with Gasteiger partial charge in [-0.05, 0) is 80.5 Å². The van der Waals surface area contributed by atoms with E-state index in [9.17, 15) is 40.5 Å². The maximum Gasteiger partial charge on any atom is 0.422 e. The molecule has 4 aliphatic carbocycles. The molecule has 56 heavy (non-hydrogen) atoms. The molecule has 4 saturated carbocycles. The van der Waals surface area contributed by atoms with Gasteiger partial charge >= 0.3 is 12.2 Å². The summed E-state index contributed by atoms with van der Waals surface area (Å²) in [6, 6.07) is 12.6. The number of carbonyl (C=O) groups is 3. The van der Waals surface area contributed by atoms with E-state index in [4.69, 9.17) is 16.3 Å². The molecule has 3 aromatic rings. The van der Waals surface area contributed by atoms with Gasteiger partial charge in [-0.1, -0.05) is 23.7 Å². The Morgan fingerprint density at radius 2 is 1.62 bits per heavy atom. The van der Waals surface area contributed by atoms with Gasteiger partial charge in [0, 0.05) is 54.5 Å². The number of nitrogens with zero attached hydrogens (tertiary/aromatic N) is 4. The van der Waals surface area contributed by atoms with Crippen LogP contribution < -0.4 is 26.0 Å². The highest BCUT2D eigenvalue weighted by Gasteiger charge is 2.75. The maximum atomic E-state index is 13.9. The quantitative estimate of drug-likeness (QED) is 0.0989. The topological polar surface area (TPSA) is 168 Å². The van der Waals surface area contributed by atoms with Crippen molar-refractivity contribution >= 4 is 57.9 Å². The number of hydrogen-bond donors (Lipinski definition) is 4. The van der Waals surface area contributed by atoms with Gasteiger partial charge in [-0.2, -0.15) is 28.1 Å². The third kappa shape index (κ3) is 9.14. The van der Waals surface area contributed by atoms with Crippen molar-refractivity contribution in [2.24, 2.45) is 11.8 Å². The van der Waals surface area contributed by atoms with E-state index < -0.39 is 76.3 Å². The number of likely N-dealkylation sites (N-methyl/N-ethyl adjacent to an activating group) is 1. The van der Waals surface area contributed by atoms with Crippen LogP contribution in [0.4, 0.5) is 39.5 Å². The number of amides is 3. The number of anilines is 3. The minimum absolute atomic E-state index is 0.0164. The molecule has 0 spiro atoms. The van der Waals surface area contributed by atoms with Crippen molar-refractivity contribution in [3.8, 4) is 6.01 Å². The Balaban J connectivity index is 0.923. The van der Waals surface area contributed by atoms with Crippen LogP contribution in [-0.2, 0) is 26.1 Å². The zero-order valence-corrected chi connectivity index (χ0v) is 31.5. The summed E-state index contributed by atoms with van der Waals surface area (Å²) in [5.74, 6) is -6.41. The highest BCUT2D eigenvalue weighted by molar-refractivity contribution is 7.84. The fraction of sp³-hybridized carbons (Fsp3) is 0.500. The highest BCUT2D eigenvalue weighted by Crippen LogP contribution is 2.64. The number of carbonyl (C=O) groups excluding carboxylic acids is 3. The minimum atomic E-state index is -4.63. The molecular weight excluding hydrogens is 787 g/mol. The third-order valence-corrected chi connectivity index (χ3v) is 12.2. The minimum Gasteiger partial charge on any atom is -0.454 e. The Hall–Kier alpha value is -4.65. The lowest BCUT2D eigenvalue weighted by Gasteiger charge is -2.25. The highest BCUT2D eigenvalue weighted by atomic mass is 35.5. The zero-order chi connectivity index (χ0) is 40.0. The van der Waals surface area contributed by atoms with E-state index >= 15 is 0 Å². The Morgan fingerprint density at radius 3 is 2.23 bits per heavy atom. The van der Waals surface area contributed by atoms with E-state index in [2.05, 4.69) is 36.2 Å². The summed E-state index contributed by atoms with van der Waals surface area (Å²) in [6.07, 6.45) is -2.00. The molecular formula is C36H38ClF5N8O5S. The number of ether oxygens (including phenoxy) is 1. The summed E-state index contributed by atoms with van der Waals surface area (Å²) < 4.78 is 85.2. The molecule has 4 fully saturated rings. The molecule has 0 radical (unpaired) electrons. The summed E-state index contributed by atoms with van der Waals surface area (Å²) in [6.45, 7) is -1.53. The predicted octanol–water partition coefficient (Wildman–Crippen LogP) is 5.64. The second-order valence-corrected chi connectivity index (χ2v) is 16.8. The van der Waals surface area contributed by atoms with Crippen LogP contribution in [-0.4, -0.2) is 84.3 Å². The molecule has 13 nitrogen and oxygen atoms in total. The van der Waals surface area contributed by atoms with Crippen LogP contribution in [0.3, 0.4) is 0 Å². The number of hydrogen-bond acceptors (Lipinski definition) is 10. The smallest absolute Gasteiger partial charge is 0.422 e. The fourth-order valence-corrected chi connectivity index (χ4v) is 8.15. The van der Waals surface area contributed by atoms with Gasteiger partial charge < -0.3 is 26.0 Å². The SMILES string of the molecule is CN(C(=O)[C@@]1(NC(=O)CCCNC(=O)c2ccc(Nc3nc(NC4(c5ccc(Cl)cc5)CC4)nc(OCC(F)(F)F)n3)cc2)C[C@H]1C1CC1(F)F)S(=O)C1CC1. The van der Waals surface area contributed by atoms with Crippen LogP contribution >= 0.6 is 11.6 Å². The van der Waals surface area contributed by atoms with Crippen molar-refractivity contribution in [3.63, 3.8) is 0 Å². The van der Waals surface area contributed by atoms with E-state index in [-0.39, 0.29) is 54.9 Å². The molecule has 2 unspecified atom stereocenters. The first kappa shape index (κ1) is 39.6. The molecule has 0 bridgehead atoms. The van der Waals surface area contributed by atoms with Crippen molar-refractivity contribution in [1.82, 2.24) is 29.9 Å². The monoisotopic (exact) mass is 824 g/mol. The fourth-order valence-electron chi connectivity index (χ4n) is 6.71. The molecule has 4 aliphatic rings. The van der Waals surface area contributed by atoms with E-state index in [1.807, 2.05) is 12.1 Å². The molecule has 0 saturated heterocycles. The first-order valence-corrected chi connectivity index (χ1v) is 19.5. The van der Waals surface area contributed by atoms with Crippen LogP contribution in [0.2, 0.25) is 5.02 Å². The van der Waals surface area contributed by atoms with Crippen LogP contribution in [0.15, 0.2) is 48.5 Å². The Labute approximate surface area is 325 Å². The molecule has 3 amide bonds. The molecule has 4 atom stereocenters. The molecule has 7 rings (SSSR count). The molecule has 1 aromatic heterocycles. The normalized spacial score (nSPS) is 23.3. The lowest BCUT2D eigenvalue weighted by Crippen LogP contribution is -2.52. The van der Waals surface area contributed by atoms with E-state index in [1.165, 1.54) is 31.3 Å². The maximum absolute atomic E-state index is 13.9.